The number of aromatic nitrogens is 4. The maximum atomic E-state index is 5.56. The summed E-state index contributed by atoms with van der Waals surface area (Å²) in [6, 6.07) is 1.84. The summed E-state index contributed by atoms with van der Waals surface area (Å²) in [6.45, 7) is 0. The van der Waals surface area contributed by atoms with E-state index in [0.717, 1.165) is 10.6 Å². The molecule has 0 spiro atoms. The van der Waals surface area contributed by atoms with Gasteiger partial charge in [0.1, 0.15) is 5.75 Å². The molecule has 1 unspecified atom stereocenters. The third-order valence-corrected chi connectivity index (χ3v) is 3.34. The summed E-state index contributed by atoms with van der Waals surface area (Å²) in [5.74, 6) is 7.03. The van der Waals surface area contributed by atoms with E-state index >= 15 is 0 Å². The fourth-order valence-electron chi connectivity index (χ4n) is 1.55. The average molecular weight is 254 g/mol. The van der Waals surface area contributed by atoms with Crippen molar-refractivity contribution < 1.29 is 4.74 Å². The highest BCUT2D eigenvalue weighted by atomic mass is 32.1. The number of methoxy groups -OCH3 is 1. The van der Waals surface area contributed by atoms with Gasteiger partial charge in [-0.3, -0.25) is 11.3 Å². The lowest BCUT2D eigenvalue weighted by atomic mass is 10.1. The second-order valence-electron chi connectivity index (χ2n) is 3.47. The first-order chi connectivity index (χ1) is 8.24. The van der Waals surface area contributed by atoms with Crippen molar-refractivity contribution in [2.24, 2.45) is 12.9 Å². The Morgan fingerprint density at radius 1 is 1.65 bits per heavy atom. The van der Waals surface area contributed by atoms with Crippen LogP contribution in [-0.2, 0) is 13.5 Å². The fourth-order valence-corrected chi connectivity index (χ4v) is 2.47. The lowest BCUT2D eigenvalue weighted by Crippen LogP contribution is -2.29. The molecular formula is C9H14N6OS. The van der Waals surface area contributed by atoms with Crippen LogP contribution < -0.4 is 16.0 Å². The number of aryl methyl sites for hydroxylation is 1. The molecule has 0 aromatic carbocycles. The average Bonchev–Trinajstić information content (AvgIpc) is 2.94. The van der Waals surface area contributed by atoms with Crippen molar-refractivity contribution in [3.63, 3.8) is 0 Å². The number of hydrogen-bond acceptors (Lipinski definition) is 7. The quantitative estimate of drug-likeness (QED) is 0.578. The Morgan fingerprint density at radius 3 is 3.06 bits per heavy atom. The molecule has 0 bridgehead atoms. The number of rotatable bonds is 5. The summed E-state index contributed by atoms with van der Waals surface area (Å²) in [4.78, 5) is 2.46. The Kier molecular flexibility index (Phi) is 3.67. The second-order valence-corrected chi connectivity index (χ2v) is 4.42. The predicted molar refractivity (Wildman–Crippen MR) is 63.4 cm³/mol. The number of nitrogens with one attached hydrogen (secondary N) is 1. The molecule has 0 radical (unpaired) electrons. The molecule has 0 aliphatic rings. The van der Waals surface area contributed by atoms with E-state index in [0.29, 0.717) is 12.2 Å². The first-order valence-electron chi connectivity index (χ1n) is 5.05. The van der Waals surface area contributed by atoms with Crippen LogP contribution in [0.5, 0.6) is 5.75 Å². The van der Waals surface area contributed by atoms with Gasteiger partial charge in [-0.25, -0.2) is 0 Å². The molecule has 2 rings (SSSR count). The molecule has 0 aliphatic carbocycles. The minimum absolute atomic E-state index is 0.0749. The zero-order valence-electron chi connectivity index (χ0n) is 9.62. The zero-order chi connectivity index (χ0) is 12.3. The molecule has 1 atom stereocenters. The molecule has 2 aromatic heterocycles. The molecule has 0 saturated heterocycles. The Labute approximate surface area is 103 Å². The number of thiophene rings is 1. The highest BCUT2D eigenvalue weighted by Crippen LogP contribution is 2.31. The Hall–Kier alpha value is -1.51. The smallest absolute Gasteiger partial charge is 0.176 e. The largest absolute Gasteiger partial charge is 0.496 e. The maximum absolute atomic E-state index is 5.56. The lowest BCUT2D eigenvalue weighted by Gasteiger charge is -2.13. The van der Waals surface area contributed by atoms with E-state index in [-0.39, 0.29) is 6.04 Å². The van der Waals surface area contributed by atoms with E-state index in [9.17, 15) is 0 Å². The van der Waals surface area contributed by atoms with Crippen LogP contribution >= 0.6 is 11.3 Å². The number of hydrogen-bond donors (Lipinski definition) is 2. The van der Waals surface area contributed by atoms with E-state index < -0.39 is 0 Å². The number of nitrogens with two attached hydrogens (primary N) is 1. The summed E-state index contributed by atoms with van der Waals surface area (Å²) < 4.78 is 5.26. The van der Waals surface area contributed by atoms with Gasteiger partial charge in [0.15, 0.2) is 5.82 Å². The van der Waals surface area contributed by atoms with Crippen LogP contribution in [0.25, 0.3) is 0 Å². The van der Waals surface area contributed by atoms with E-state index in [1.54, 1.807) is 25.5 Å². The van der Waals surface area contributed by atoms with Gasteiger partial charge in [-0.05, 0) is 16.7 Å². The second kappa shape index (κ2) is 5.21. The Bertz CT molecular complexity index is 481. The monoisotopic (exact) mass is 254 g/mol. The van der Waals surface area contributed by atoms with Gasteiger partial charge < -0.3 is 4.74 Å². The fraction of sp³-hybridized carbons (Fsp3) is 0.444. The van der Waals surface area contributed by atoms with Gasteiger partial charge in [0, 0.05) is 6.42 Å². The molecule has 2 aromatic rings. The zero-order valence-corrected chi connectivity index (χ0v) is 10.4. The van der Waals surface area contributed by atoms with Crippen molar-refractivity contribution >= 4 is 11.3 Å². The maximum Gasteiger partial charge on any atom is 0.176 e. The van der Waals surface area contributed by atoms with Crippen molar-refractivity contribution in [3.05, 3.63) is 22.1 Å². The number of ether oxygens (including phenoxy) is 1. The van der Waals surface area contributed by atoms with Crippen molar-refractivity contribution in [1.29, 1.82) is 0 Å². The summed E-state index contributed by atoms with van der Waals surface area (Å²) in [6.07, 6.45) is 0.571. The molecular weight excluding hydrogens is 240 g/mol. The third kappa shape index (κ3) is 2.60. The Morgan fingerprint density at radius 2 is 2.47 bits per heavy atom. The van der Waals surface area contributed by atoms with E-state index in [1.807, 2.05) is 11.4 Å². The summed E-state index contributed by atoms with van der Waals surface area (Å²) in [5.41, 5.74) is 2.75. The highest BCUT2D eigenvalue weighted by Gasteiger charge is 2.19. The normalized spacial score (nSPS) is 12.6. The van der Waals surface area contributed by atoms with Gasteiger partial charge in [0.05, 0.1) is 25.1 Å². The highest BCUT2D eigenvalue weighted by molar-refractivity contribution is 7.10. The molecule has 0 amide bonds. The molecule has 0 fully saturated rings. The summed E-state index contributed by atoms with van der Waals surface area (Å²) in [7, 11) is 3.37. The van der Waals surface area contributed by atoms with Crippen LogP contribution in [0.2, 0.25) is 0 Å². The molecule has 0 aliphatic heterocycles. The molecule has 17 heavy (non-hydrogen) atoms. The van der Waals surface area contributed by atoms with Gasteiger partial charge >= 0.3 is 0 Å². The van der Waals surface area contributed by atoms with Gasteiger partial charge in [-0.15, -0.1) is 21.5 Å². The van der Waals surface area contributed by atoms with Gasteiger partial charge in [-0.2, -0.15) is 4.80 Å². The topological polar surface area (TPSA) is 90.9 Å². The van der Waals surface area contributed by atoms with E-state index in [2.05, 4.69) is 20.8 Å². The molecule has 2 heterocycles. The Balaban J connectivity index is 2.16. The van der Waals surface area contributed by atoms with Gasteiger partial charge in [0.2, 0.25) is 0 Å². The van der Waals surface area contributed by atoms with Crippen molar-refractivity contribution in [2.75, 3.05) is 7.11 Å². The number of hydrazine groups is 1. The number of nitrogens with zero attached hydrogens (tertiary/aromatic N) is 4. The minimum atomic E-state index is -0.0749. The third-order valence-electron chi connectivity index (χ3n) is 2.33. The van der Waals surface area contributed by atoms with Crippen molar-refractivity contribution in [2.45, 2.75) is 12.5 Å². The first kappa shape index (κ1) is 12.0. The van der Waals surface area contributed by atoms with Gasteiger partial charge in [-0.1, -0.05) is 0 Å². The minimum Gasteiger partial charge on any atom is -0.496 e. The van der Waals surface area contributed by atoms with Gasteiger partial charge in [0.25, 0.3) is 0 Å². The molecule has 92 valence electrons. The first-order valence-corrected chi connectivity index (χ1v) is 5.93. The van der Waals surface area contributed by atoms with Crippen LogP contribution in [0.3, 0.4) is 0 Å². The molecule has 7 nitrogen and oxygen atoms in total. The molecule has 0 saturated carbocycles. The van der Waals surface area contributed by atoms with Crippen molar-refractivity contribution in [3.8, 4) is 5.75 Å². The van der Waals surface area contributed by atoms with Crippen LogP contribution in [0, 0.1) is 0 Å². The van der Waals surface area contributed by atoms with Crippen LogP contribution in [0.15, 0.2) is 11.4 Å². The standard InChI is InChI=1S/C9H14N6OS/c1-15-13-8(12-14-15)5-6(11-10)9-7(16-2)3-4-17-9/h3-4,6,11H,5,10H2,1-2H3. The van der Waals surface area contributed by atoms with Crippen LogP contribution in [-0.4, -0.2) is 27.3 Å². The summed E-state index contributed by atoms with van der Waals surface area (Å²) in [5, 5.41) is 13.8. The van der Waals surface area contributed by atoms with Crippen LogP contribution in [0.1, 0.15) is 16.7 Å². The number of tetrazole rings is 1. The summed E-state index contributed by atoms with van der Waals surface area (Å²) >= 11 is 1.58. The van der Waals surface area contributed by atoms with Crippen LogP contribution in [0.4, 0.5) is 0 Å². The van der Waals surface area contributed by atoms with Crippen molar-refractivity contribution in [1.82, 2.24) is 25.6 Å². The SMILES string of the molecule is COc1ccsc1C(Cc1nnn(C)n1)NN. The van der Waals surface area contributed by atoms with E-state index in [1.165, 1.54) is 4.80 Å². The predicted octanol–water partition coefficient (Wildman–Crippen LogP) is 0.0273. The lowest BCUT2D eigenvalue weighted by molar-refractivity contribution is 0.402. The molecule has 3 N–H and O–H groups in total. The van der Waals surface area contributed by atoms with E-state index in [4.69, 9.17) is 10.6 Å². The molecule has 8 heteroatoms.